The number of nitrogens with zero attached hydrogens (tertiary/aromatic N) is 1. The Labute approximate surface area is 110 Å². The Bertz CT molecular complexity index is 357. The third kappa shape index (κ3) is 2.45. The summed E-state index contributed by atoms with van der Waals surface area (Å²) in [5.41, 5.74) is 2.86. The van der Waals surface area contributed by atoms with Gasteiger partial charge < -0.3 is 5.32 Å². The van der Waals surface area contributed by atoms with E-state index >= 15 is 0 Å². The van der Waals surface area contributed by atoms with Crippen molar-refractivity contribution in [2.45, 2.75) is 44.7 Å². The SMILES string of the molecule is Cc1ccc(C(C2CCCN2)N2CCCC2)cc1. The molecule has 2 atom stereocenters. The molecule has 3 rings (SSSR count). The number of rotatable bonds is 3. The highest BCUT2D eigenvalue weighted by Crippen LogP contribution is 2.31. The minimum Gasteiger partial charge on any atom is -0.312 e. The van der Waals surface area contributed by atoms with Gasteiger partial charge in [-0.1, -0.05) is 29.8 Å². The van der Waals surface area contributed by atoms with Crippen molar-refractivity contribution in [3.05, 3.63) is 35.4 Å². The molecule has 98 valence electrons. The van der Waals surface area contributed by atoms with Gasteiger partial charge in [0.25, 0.3) is 0 Å². The van der Waals surface area contributed by atoms with E-state index in [9.17, 15) is 0 Å². The molecule has 2 aliphatic heterocycles. The maximum Gasteiger partial charge on any atom is 0.0501 e. The fourth-order valence-corrected chi connectivity index (χ4v) is 3.46. The normalized spacial score (nSPS) is 26.6. The summed E-state index contributed by atoms with van der Waals surface area (Å²) in [5, 5.41) is 3.71. The Kier molecular flexibility index (Phi) is 3.67. The van der Waals surface area contributed by atoms with Crippen molar-refractivity contribution in [2.24, 2.45) is 0 Å². The van der Waals surface area contributed by atoms with Gasteiger partial charge in [-0.25, -0.2) is 0 Å². The van der Waals surface area contributed by atoms with Crippen LogP contribution in [0.1, 0.15) is 42.9 Å². The second-order valence-electron chi connectivity index (χ2n) is 5.80. The van der Waals surface area contributed by atoms with E-state index in [-0.39, 0.29) is 0 Å². The molecule has 1 N–H and O–H groups in total. The summed E-state index contributed by atoms with van der Waals surface area (Å²) >= 11 is 0. The molecule has 18 heavy (non-hydrogen) atoms. The Hall–Kier alpha value is -0.860. The van der Waals surface area contributed by atoms with Gasteiger partial charge in [0.15, 0.2) is 0 Å². The van der Waals surface area contributed by atoms with Crippen LogP contribution in [0.15, 0.2) is 24.3 Å². The molecule has 2 nitrogen and oxygen atoms in total. The molecule has 2 unspecified atom stereocenters. The smallest absolute Gasteiger partial charge is 0.0501 e. The highest BCUT2D eigenvalue weighted by atomic mass is 15.2. The van der Waals surface area contributed by atoms with Gasteiger partial charge >= 0.3 is 0 Å². The zero-order valence-corrected chi connectivity index (χ0v) is 11.4. The Morgan fingerprint density at radius 1 is 1.11 bits per heavy atom. The molecule has 0 spiro atoms. The van der Waals surface area contributed by atoms with Crippen LogP contribution in [0.2, 0.25) is 0 Å². The third-order valence-electron chi connectivity index (χ3n) is 4.43. The molecule has 0 saturated carbocycles. The maximum atomic E-state index is 3.71. The van der Waals surface area contributed by atoms with Crippen LogP contribution in [0.4, 0.5) is 0 Å². The van der Waals surface area contributed by atoms with E-state index in [1.165, 1.54) is 56.4 Å². The number of likely N-dealkylation sites (tertiary alicyclic amines) is 1. The molecule has 1 aromatic rings. The lowest BCUT2D eigenvalue weighted by molar-refractivity contribution is 0.202. The highest BCUT2D eigenvalue weighted by Gasteiger charge is 2.32. The van der Waals surface area contributed by atoms with Crippen molar-refractivity contribution < 1.29 is 0 Å². The van der Waals surface area contributed by atoms with Crippen LogP contribution >= 0.6 is 0 Å². The number of aryl methyl sites for hydroxylation is 1. The zero-order chi connectivity index (χ0) is 12.4. The molecule has 2 heterocycles. The first-order valence-corrected chi connectivity index (χ1v) is 7.38. The Morgan fingerprint density at radius 3 is 2.44 bits per heavy atom. The molecule has 0 radical (unpaired) electrons. The lowest BCUT2D eigenvalue weighted by atomic mass is 9.96. The molecule has 2 aliphatic rings. The molecular weight excluding hydrogens is 220 g/mol. The van der Waals surface area contributed by atoms with Crippen LogP contribution in [0.3, 0.4) is 0 Å². The van der Waals surface area contributed by atoms with E-state index in [0.717, 1.165) is 0 Å². The minimum atomic E-state index is 0.593. The average Bonchev–Trinajstić information content (AvgIpc) is 3.06. The number of nitrogens with one attached hydrogen (secondary N) is 1. The Morgan fingerprint density at radius 2 is 1.83 bits per heavy atom. The zero-order valence-electron chi connectivity index (χ0n) is 11.4. The summed E-state index contributed by atoms with van der Waals surface area (Å²) in [6, 6.07) is 10.4. The molecule has 0 bridgehead atoms. The van der Waals surface area contributed by atoms with E-state index in [1.54, 1.807) is 0 Å². The quantitative estimate of drug-likeness (QED) is 0.879. The standard InChI is InChI=1S/C16H24N2/c1-13-6-8-14(9-7-13)16(15-5-4-10-17-15)18-11-2-3-12-18/h6-9,15-17H,2-5,10-12H2,1H3. The first kappa shape index (κ1) is 12.2. The summed E-state index contributed by atoms with van der Waals surface area (Å²) in [6.45, 7) is 5.91. The summed E-state index contributed by atoms with van der Waals surface area (Å²) in [7, 11) is 0. The van der Waals surface area contributed by atoms with Crippen LogP contribution in [0.25, 0.3) is 0 Å². The van der Waals surface area contributed by atoms with Crippen LogP contribution in [-0.2, 0) is 0 Å². The summed E-state index contributed by atoms with van der Waals surface area (Å²) in [6.07, 6.45) is 5.40. The van der Waals surface area contributed by atoms with Gasteiger partial charge in [-0.2, -0.15) is 0 Å². The maximum absolute atomic E-state index is 3.71. The summed E-state index contributed by atoms with van der Waals surface area (Å²) in [4.78, 5) is 2.69. The largest absolute Gasteiger partial charge is 0.312 e. The molecule has 2 heteroatoms. The summed E-state index contributed by atoms with van der Waals surface area (Å²) < 4.78 is 0. The Balaban J connectivity index is 1.85. The van der Waals surface area contributed by atoms with Gasteiger partial charge in [0.1, 0.15) is 0 Å². The van der Waals surface area contributed by atoms with Gasteiger partial charge in [0.05, 0.1) is 6.04 Å². The number of hydrogen-bond donors (Lipinski definition) is 1. The van der Waals surface area contributed by atoms with Crippen molar-refractivity contribution in [3.8, 4) is 0 Å². The van der Waals surface area contributed by atoms with Crippen molar-refractivity contribution in [1.29, 1.82) is 0 Å². The van der Waals surface area contributed by atoms with Crippen molar-refractivity contribution in [2.75, 3.05) is 19.6 Å². The van der Waals surface area contributed by atoms with Crippen LogP contribution in [0.5, 0.6) is 0 Å². The average molecular weight is 244 g/mol. The predicted octanol–water partition coefficient (Wildman–Crippen LogP) is 2.88. The number of hydrogen-bond acceptors (Lipinski definition) is 2. The van der Waals surface area contributed by atoms with Gasteiger partial charge in [-0.15, -0.1) is 0 Å². The van der Waals surface area contributed by atoms with E-state index < -0.39 is 0 Å². The minimum absolute atomic E-state index is 0.593. The van der Waals surface area contributed by atoms with E-state index in [4.69, 9.17) is 0 Å². The van der Waals surface area contributed by atoms with E-state index in [0.29, 0.717) is 12.1 Å². The highest BCUT2D eigenvalue weighted by molar-refractivity contribution is 5.26. The second kappa shape index (κ2) is 5.41. The van der Waals surface area contributed by atoms with Gasteiger partial charge in [-0.3, -0.25) is 4.90 Å². The molecule has 2 fully saturated rings. The van der Waals surface area contributed by atoms with Gasteiger partial charge in [0.2, 0.25) is 0 Å². The third-order valence-corrected chi connectivity index (χ3v) is 4.43. The summed E-state index contributed by atoms with van der Waals surface area (Å²) in [5.74, 6) is 0. The molecule has 2 saturated heterocycles. The van der Waals surface area contributed by atoms with Gasteiger partial charge in [-0.05, 0) is 57.8 Å². The van der Waals surface area contributed by atoms with Crippen molar-refractivity contribution in [1.82, 2.24) is 10.2 Å². The first-order chi connectivity index (χ1) is 8.84. The molecular formula is C16H24N2. The second-order valence-corrected chi connectivity index (χ2v) is 5.80. The predicted molar refractivity (Wildman–Crippen MR) is 75.8 cm³/mol. The van der Waals surface area contributed by atoms with E-state index in [2.05, 4.69) is 41.4 Å². The van der Waals surface area contributed by atoms with E-state index in [1.807, 2.05) is 0 Å². The van der Waals surface area contributed by atoms with Crippen molar-refractivity contribution in [3.63, 3.8) is 0 Å². The van der Waals surface area contributed by atoms with Crippen LogP contribution < -0.4 is 5.32 Å². The lowest BCUT2D eigenvalue weighted by Crippen LogP contribution is -2.39. The first-order valence-electron chi connectivity index (χ1n) is 7.38. The topological polar surface area (TPSA) is 15.3 Å². The lowest BCUT2D eigenvalue weighted by Gasteiger charge is -2.33. The number of benzene rings is 1. The molecule has 0 aromatic heterocycles. The van der Waals surface area contributed by atoms with Gasteiger partial charge in [0, 0.05) is 6.04 Å². The van der Waals surface area contributed by atoms with Crippen LogP contribution in [0, 0.1) is 6.92 Å². The molecule has 0 aliphatic carbocycles. The fraction of sp³-hybridized carbons (Fsp3) is 0.625. The van der Waals surface area contributed by atoms with Crippen molar-refractivity contribution >= 4 is 0 Å². The fourth-order valence-electron chi connectivity index (χ4n) is 3.46. The monoisotopic (exact) mass is 244 g/mol. The molecule has 0 amide bonds. The van der Waals surface area contributed by atoms with Crippen LogP contribution in [-0.4, -0.2) is 30.6 Å². The molecule has 1 aromatic carbocycles.